The SMILES string of the molecule is CC(C)(C)OC(=O)C=COCCOCCN1CCN(c2ccc(Nc3ncc4ccc(-c5cccc(NS(C)(=O)=O)c5)n4n3)cc2)CC1. The zero-order valence-electron chi connectivity index (χ0n) is 27.8. The minimum absolute atomic E-state index is 0.368. The van der Waals surface area contributed by atoms with Crippen LogP contribution < -0.4 is 14.9 Å². The molecule has 0 saturated carbocycles. The lowest BCUT2D eigenvalue weighted by atomic mass is 10.1. The van der Waals surface area contributed by atoms with E-state index in [1.165, 1.54) is 12.3 Å². The normalized spacial score (nSPS) is 14.4. The first-order valence-corrected chi connectivity index (χ1v) is 17.7. The number of hydrogen-bond acceptors (Lipinski definition) is 11. The number of carbonyl (C=O) groups is 1. The van der Waals surface area contributed by atoms with Gasteiger partial charge in [-0.15, -0.1) is 5.10 Å². The van der Waals surface area contributed by atoms with Gasteiger partial charge in [0.15, 0.2) is 0 Å². The maximum atomic E-state index is 11.7. The lowest BCUT2D eigenvalue weighted by Gasteiger charge is -2.36. The number of nitrogens with one attached hydrogen (secondary N) is 2. The summed E-state index contributed by atoms with van der Waals surface area (Å²) in [4.78, 5) is 20.9. The van der Waals surface area contributed by atoms with Crippen molar-refractivity contribution < 1.29 is 27.4 Å². The van der Waals surface area contributed by atoms with Crippen LogP contribution in [0.1, 0.15) is 20.8 Å². The number of aromatic nitrogens is 3. The first-order valence-electron chi connectivity index (χ1n) is 15.8. The molecule has 0 unspecified atom stereocenters. The average molecular weight is 678 g/mol. The third-order valence-corrected chi connectivity index (χ3v) is 7.93. The van der Waals surface area contributed by atoms with Gasteiger partial charge in [0.1, 0.15) is 12.2 Å². The number of ether oxygens (including phenoxy) is 3. The Labute approximate surface area is 281 Å². The predicted molar refractivity (Wildman–Crippen MR) is 187 cm³/mol. The Kier molecular flexibility index (Phi) is 11.2. The van der Waals surface area contributed by atoms with Crippen LogP contribution in [0.25, 0.3) is 16.8 Å². The van der Waals surface area contributed by atoms with Crippen molar-refractivity contribution in [3.63, 3.8) is 0 Å². The third-order valence-electron chi connectivity index (χ3n) is 7.33. The molecule has 256 valence electrons. The molecular formula is C34H43N7O6S. The van der Waals surface area contributed by atoms with Crippen LogP contribution in [0, 0.1) is 0 Å². The molecule has 1 fully saturated rings. The van der Waals surface area contributed by atoms with Crippen molar-refractivity contribution in [3.8, 4) is 11.3 Å². The molecule has 2 N–H and O–H groups in total. The molecule has 0 spiro atoms. The van der Waals surface area contributed by atoms with Crippen molar-refractivity contribution in [1.29, 1.82) is 0 Å². The molecule has 1 aliphatic heterocycles. The Morgan fingerprint density at radius 2 is 1.73 bits per heavy atom. The van der Waals surface area contributed by atoms with E-state index < -0.39 is 21.6 Å². The minimum Gasteiger partial charge on any atom is -0.499 e. The number of benzene rings is 2. The molecule has 5 rings (SSSR count). The Balaban J connectivity index is 1.06. The van der Waals surface area contributed by atoms with E-state index in [0.717, 1.165) is 67.1 Å². The van der Waals surface area contributed by atoms with E-state index in [-0.39, 0.29) is 0 Å². The number of fused-ring (bicyclic) bond motifs is 1. The molecule has 0 amide bonds. The third kappa shape index (κ3) is 10.4. The molecule has 0 atom stereocenters. The van der Waals surface area contributed by atoms with Gasteiger partial charge in [0.2, 0.25) is 16.0 Å². The summed E-state index contributed by atoms with van der Waals surface area (Å²) in [5.74, 6) is 0.0105. The van der Waals surface area contributed by atoms with E-state index in [2.05, 4.69) is 37.0 Å². The molecule has 2 aromatic heterocycles. The van der Waals surface area contributed by atoms with Gasteiger partial charge >= 0.3 is 5.97 Å². The van der Waals surface area contributed by atoms with Gasteiger partial charge in [0, 0.05) is 55.3 Å². The van der Waals surface area contributed by atoms with Gasteiger partial charge < -0.3 is 24.4 Å². The first kappa shape index (κ1) is 34.7. The molecule has 0 radical (unpaired) electrons. The summed E-state index contributed by atoms with van der Waals surface area (Å²) in [5.41, 5.74) is 4.43. The lowest BCUT2D eigenvalue weighted by Crippen LogP contribution is -2.47. The topological polar surface area (TPSA) is 140 Å². The van der Waals surface area contributed by atoms with Gasteiger partial charge in [0.05, 0.1) is 49.2 Å². The van der Waals surface area contributed by atoms with Crippen LogP contribution in [0.5, 0.6) is 0 Å². The van der Waals surface area contributed by atoms with Gasteiger partial charge in [-0.3, -0.25) is 9.62 Å². The van der Waals surface area contributed by atoms with Gasteiger partial charge in [-0.25, -0.2) is 22.7 Å². The van der Waals surface area contributed by atoms with Gasteiger partial charge in [-0.1, -0.05) is 12.1 Å². The zero-order chi connectivity index (χ0) is 34.1. The second kappa shape index (κ2) is 15.5. The number of sulfonamides is 1. The summed E-state index contributed by atoms with van der Waals surface area (Å²) < 4.78 is 43.9. The highest BCUT2D eigenvalue weighted by Crippen LogP contribution is 2.26. The number of carbonyl (C=O) groups excluding carboxylic acids is 1. The van der Waals surface area contributed by atoms with Crippen LogP contribution >= 0.6 is 0 Å². The largest absolute Gasteiger partial charge is 0.499 e. The van der Waals surface area contributed by atoms with Crippen LogP contribution in [-0.2, 0) is 29.0 Å². The molecule has 0 aliphatic carbocycles. The fourth-order valence-corrected chi connectivity index (χ4v) is 5.71. The number of anilines is 4. The van der Waals surface area contributed by atoms with Crippen molar-refractivity contribution in [2.24, 2.45) is 0 Å². The van der Waals surface area contributed by atoms with Gasteiger partial charge in [-0.05, 0) is 69.3 Å². The summed E-state index contributed by atoms with van der Waals surface area (Å²) >= 11 is 0. The minimum atomic E-state index is -3.39. The highest BCUT2D eigenvalue weighted by Gasteiger charge is 2.17. The van der Waals surface area contributed by atoms with Gasteiger partial charge in [0.25, 0.3) is 0 Å². The molecule has 0 bridgehead atoms. The van der Waals surface area contributed by atoms with Crippen molar-refractivity contribution in [1.82, 2.24) is 19.5 Å². The fraction of sp³-hybridized carbons (Fsp3) is 0.382. The molecular weight excluding hydrogens is 634 g/mol. The van der Waals surface area contributed by atoms with E-state index in [1.54, 1.807) is 28.9 Å². The smallest absolute Gasteiger partial charge is 0.334 e. The summed E-state index contributed by atoms with van der Waals surface area (Å²) in [6.07, 6.45) is 5.49. The molecule has 2 aromatic carbocycles. The van der Waals surface area contributed by atoms with Crippen LogP contribution in [0.3, 0.4) is 0 Å². The van der Waals surface area contributed by atoms with E-state index in [4.69, 9.17) is 19.3 Å². The summed E-state index contributed by atoms with van der Waals surface area (Å²) in [6, 6.07) is 19.3. The number of rotatable bonds is 14. The van der Waals surface area contributed by atoms with Crippen molar-refractivity contribution in [3.05, 3.63) is 79.2 Å². The van der Waals surface area contributed by atoms with E-state index in [0.29, 0.717) is 31.5 Å². The van der Waals surface area contributed by atoms with Crippen LogP contribution in [0.4, 0.5) is 23.0 Å². The maximum absolute atomic E-state index is 11.7. The first-order chi connectivity index (χ1) is 22.9. The number of esters is 1. The molecule has 3 heterocycles. The standard InChI is InChI=1S/C34H43N7O6S/c1-34(2,3)47-32(42)14-20-45-22-23-46-21-19-39-15-17-40(18-16-39)29-10-8-27(9-11-29)36-33-35-25-30-12-13-31(41(30)37-33)26-6-5-7-28(24-26)38-48(4,43)44/h5-14,20,24-25,38H,15-19,21-23H2,1-4H3,(H,36,37). The Hall–Kier alpha value is -4.66. The Bertz CT molecular complexity index is 1810. The molecule has 1 saturated heterocycles. The lowest BCUT2D eigenvalue weighted by molar-refractivity contribution is -0.148. The maximum Gasteiger partial charge on any atom is 0.334 e. The Morgan fingerprint density at radius 1 is 0.958 bits per heavy atom. The summed E-state index contributed by atoms with van der Waals surface area (Å²) in [6.45, 7) is 11.5. The van der Waals surface area contributed by atoms with E-state index in [1.807, 2.05) is 51.1 Å². The highest BCUT2D eigenvalue weighted by atomic mass is 32.2. The predicted octanol–water partition coefficient (Wildman–Crippen LogP) is 4.52. The zero-order valence-corrected chi connectivity index (χ0v) is 28.6. The van der Waals surface area contributed by atoms with Crippen molar-refractivity contribution in [2.45, 2.75) is 26.4 Å². The quantitative estimate of drug-likeness (QED) is 0.0843. The van der Waals surface area contributed by atoms with Gasteiger partial charge in [-0.2, -0.15) is 0 Å². The number of piperazine rings is 1. The van der Waals surface area contributed by atoms with Crippen molar-refractivity contribution >= 4 is 44.5 Å². The monoisotopic (exact) mass is 677 g/mol. The number of nitrogens with zero attached hydrogens (tertiary/aromatic N) is 5. The second-order valence-electron chi connectivity index (χ2n) is 12.4. The number of hydrogen-bond donors (Lipinski definition) is 2. The van der Waals surface area contributed by atoms with E-state index >= 15 is 0 Å². The van der Waals surface area contributed by atoms with Crippen molar-refractivity contribution in [2.75, 3.05) is 73.7 Å². The molecule has 1 aliphatic rings. The molecule has 14 heteroatoms. The summed E-state index contributed by atoms with van der Waals surface area (Å²) in [5, 5.41) is 7.99. The Morgan fingerprint density at radius 3 is 2.46 bits per heavy atom. The summed E-state index contributed by atoms with van der Waals surface area (Å²) in [7, 11) is -3.39. The van der Waals surface area contributed by atoms with Crippen LogP contribution in [0.15, 0.2) is 79.2 Å². The van der Waals surface area contributed by atoms with Crippen LogP contribution in [0.2, 0.25) is 0 Å². The molecule has 48 heavy (non-hydrogen) atoms. The second-order valence-corrected chi connectivity index (χ2v) is 14.2. The fourth-order valence-electron chi connectivity index (χ4n) is 5.16. The molecule has 4 aromatic rings. The van der Waals surface area contributed by atoms with Crippen LogP contribution in [-0.4, -0.2) is 98.3 Å². The highest BCUT2D eigenvalue weighted by molar-refractivity contribution is 7.92. The average Bonchev–Trinajstić information content (AvgIpc) is 3.45. The molecule has 13 nitrogen and oxygen atoms in total. The van der Waals surface area contributed by atoms with E-state index in [9.17, 15) is 13.2 Å².